The fourth-order valence-electron chi connectivity index (χ4n) is 9.48. The SMILES string of the molecule is CCCCC/C=C\C/C=C\CCCCCCCCCC(=O)OCCCCCCCC/C=C\CCCCCCCCCC(=O)NC(CO)C(O)/C=C/CCCCCCCCCCCCCCCCCCCC. The van der Waals surface area contributed by atoms with E-state index >= 15 is 0 Å². The highest BCUT2D eigenvalue weighted by atomic mass is 16.5. The number of aliphatic hydroxyl groups excluding tert-OH is 2. The molecule has 2 unspecified atom stereocenters. The van der Waals surface area contributed by atoms with Crippen molar-refractivity contribution < 1.29 is 24.5 Å². The summed E-state index contributed by atoms with van der Waals surface area (Å²) >= 11 is 0. The Kier molecular flexibility index (Phi) is 58.5. The molecule has 3 N–H and O–H groups in total. The second kappa shape index (κ2) is 60.4. The lowest BCUT2D eigenvalue weighted by Crippen LogP contribution is -2.45. The van der Waals surface area contributed by atoms with E-state index in [-0.39, 0.29) is 18.5 Å². The van der Waals surface area contributed by atoms with Crippen molar-refractivity contribution in [2.45, 2.75) is 341 Å². The minimum Gasteiger partial charge on any atom is -0.466 e. The van der Waals surface area contributed by atoms with Gasteiger partial charge in [0.05, 0.1) is 25.4 Å². The molecule has 0 saturated carbocycles. The second-order valence-corrected chi connectivity index (χ2v) is 21.4. The molecule has 0 aromatic carbocycles. The predicted octanol–water partition coefficient (Wildman–Crippen LogP) is 19.7. The van der Waals surface area contributed by atoms with Crippen LogP contribution in [0.5, 0.6) is 0 Å². The average Bonchev–Trinajstić information content (AvgIpc) is 3.37. The van der Waals surface area contributed by atoms with Gasteiger partial charge < -0.3 is 20.3 Å². The Hall–Kier alpha value is -2.18. The molecule has 0 fully saturated rings. The van der Waals surface area contributed by atoms with Crippen LogP contribution in [0, 0.1) is 0 Å². The molecule has 6 nitrogen and oxygen atoms in total. The number of aliphatic hydroxyl groups is 2. The molecule has 0 aromatic rings. The van der Waals surface area contributed by atoms with E-state index in [1.807, 2.05) is 6.08 Å². The van der Waals surface area contributed by atoms with Crippen molar-refractivity contribution in [3.05, 3.63) is 48.6 Å². The van der Waals surface area contributed by atoms with Crippen LogP contribution in [0.15, 0.2) is 48.6 Å². The molecule has 0 bridgehead atoms. The van der Waals surface area contributed by atoms with Crippen molar-refractivity contribution in [2.24, 2.45) is 0 Å². The first-order chi connectivity index (χ1) is 35.0. The highest BCUT2D eigenvalue weighted by Crippen LogP contribution is 2.17. The van der Waals surface area contributed by atoms with E-state index in [1.54, 1.807) is 6.08 Å². The van der Waals surface area contributed by atoms with Gasteiger partial charge in [-0.3, -0.25) is 9.59 Å². The van der Waals surface area contributed by atoms with Gasteiger partial charge in [0, 0.05) is 12.8 Å². The zero-order valence-corrected chi connectivity index (χ0v) is 47.5. The first-order valence-corrected chi connectivity index (χ1v) is 31.4. The molecular weight excluding hydrogens is 875 g/mol. The first-order valence-electron chi connectivity index (χ1n) is 31.4. The van der Waals surface area contributed by atoms with Crippen LogP contribution in [0.3, 0.4) is 0 Å². The van der Waals surface area contributed by atoms with Gasteiger partial charge in [-0.15, -0.1) is 0 Å². The Balaban J connectivity index is 3.49. The van der Waals surface area contributed by atoms with Crippen LogP contribution in [0.4, 0.5) is 0 Å². The van der Waals surface area contributed by atoms with Crippen LogP contribution in [0.25, 0.3) is 0 Å². The quantitative estimate of drug-likeness (QED) is 0.0321. The normalized spacial score (nSPS) is 12.9. The molecule has 1 amide bonds. The van der Waals surface area contributed by atoms with E-state index in [0.29, 0.717) is 19.4 Å². The summed E-state index contributed by atoms with van der Waals surface area (Å²) in [7, 11) is 0. The van der Waals surface area contributed by atoms with Crippen LogP contribution in [0.2, 0.25) is 0 Å². The smallest absolute Gasteiger partial charge is 0.305 e. The molecule has 71 heavy (non-hydrogen) atoms. The number of allylic oxidation sites excluding steroid dienone is 7. The third-order valence-electron chi connectivity index (χ3n) is 14.3. The molecule has 0 aliphatic carbocycles. The van der Waals surface area contributed by atoms with Crippen LogP contribution in [-0.2, 0) is 14.3 Å². The lowest BCUT2D eigenvalue weighted by atomic mass is 10.0. The Morgan fingerprint density at radius 3 is 1.11 bits per heavy atom. The molecular formula is C65H121NO5. The number of ether oxygens (including phenoxy) is 1. The number of hydrogen-bond acceptors (Lipinski definition) is 5. The predicted molar refractivity (Wildman–Crippen MR) is 310 cm³/mol. The van der Waals surface area contributed by atoms with Gasteiger partial charge in [-0.25, -0.2) is 0 Å². The summed E-state index contributed by atoms with van der Waals surface area (Å²) in [6.45, 7) is 4.87. The lowest BCUT2D eigenvalue weighted by molar-refractivity contribution is -0.143. The van der Waals surface area contributed by atoms with Gasteiger partial charge in [0.2, 0.25) is 5.91 Å². The second-order valence-electron chi connectivity index (χ2n) is 21.4. The zero-order chi connectivity index (χ0) is 51.4. The van der Waals surface area contributed by atoms with Crippen molar-refractivity contribution in [1.82, 2.24) is 5.32 Å². The van der Waals surface area contributed by atoms with Crippen LogP contribution >= 0.6 is 0 Å². The molecule has 0 radical (unpaired) electrons. The topological polar surface area (TPSA) is 95.9 Å². The van der Waals surface area contributed by atoms with E-state index in [4.69, 9.17) is 4.74 Å². The maximum Gasteiger partial charge on any atom is 0.305 e. The van der Waals surface area contributed by atoms with Gasteiger partial charge >= 0.3 is 5.97 Å². The average molecular weight is 997 g/mol. The zero-order valence-electron chi connectivity index (χ0n) is 47.5. The Morgan fingerprint density at radius 1 is 0.394 bits per heavy atom. The number of nitrogens with one attached hydrogen (secondary N) is 1. The Bertz CT molecular complexity index is 1190. The van der Waals surface area contributed by atoms with Crippen molar-refractivity contribution in [2.75, 3.05) is 13.2 Å². The summed E-state index contributed by atoms with van der Waals surface area (Å²) in [5.41, 5.74) is 0. The number of hydrogen-bond donors (Lipinski definition) is 3. The summed E-state index contributed by atoms with van der Waals surface area (Å²) in [6, 6.07) is -0.639. The summed E-state index contributed by atoms with van der Waals surface area (Å²) in [6.07, 6.45) is 77.1. The summed E-state index contributed by atoms with van der Waals surface area (Å²) in [5, 5.41) is 23.2. The van der Waals surface area contributed by atoms with Crippen molar-refractivity contribution >= 4 is 11.9 Å². The van der Waals surface area contributed by atoms with Crippen molar-refractivity contribution in [3.63, 3.8) is 0 Å². The van der Waals surface area contributed by atoms with Crippen LogP contribution in [-0.4, -0.2) is 47.4 Å². The number of carbonyl (C=O) groups excluding carboxylic acids is 2. The van der Waals surface area contributed by atoms with Gasteiger partial charge in [-0.2, -0.15) is 0 Å². The molecule has 2 atom stereocenters. The monoisotopic (exact) mass is 996 g/mol. The van der Waals surface area contributed by atoms with Gasteiger partial charge in [-0.1, -0.05) is 274 Å². The third kappa shape index (κ3) is 57.0. The largest absolute Gasteiger partial charge is 0.466 e. The Morgan fingerprint density at radius 2 is 0.704 bits per heavy atom. The molecule has 0 aliphatic rings. The van der Waals surface area contributed by atoms with E-state index in [1.165, 1.54) is 238 Å². The minimum atomic E-state index is -0.854. The first kappa shape index (κ1) is 68.8. The van der Waals surface area contributed by atoms with Crippen LogP contribution < -0.4 is 5.32 Å². The highest BCUT2D eigenvalue weighted by molar-refractivity contribution is 5.76. The molecule has 0 heterocycles. The van der Waals surface area contributed by atoms with Gasteiger partial charge in [0.1, 0.15) is 0 Å². The summed E-state index contributed by atoms with van der Waals surface area (Å²) in [5.74, 6) is -0.0891. The number of esters is 1. The van der Waals surface area contributed by atoms with Crippen molar-refractivity contribution in [3.8, 4) is 0 Å². The van der Waals surface area contributed by atoms with Gasteiger partial charge in [0.15, 0.2) is 0 Å². The standard InChI is InChI=1S/C65H121NO5/c1-3-5-7-9-11-13-15-17-19-21-22-23-26-29-33-37-41-45-49-53-57-63(68)62(61-67)66-64(69)58-54-50-46-42-38-34-30-27-24-28-32-36-40-44-48-52-56-60-71-65(70)59-55-51-47-43-39-35-31-25-20-18-16-14-12-10-8-6-4-2/h12,14,18,20,24,28,53,57,62-63,67-68H,3-11,13,15-17,19,21-23,25-27,29-52,54-56,58-61H2,1-2H3,(H,66,69)/b14-12-,20-18-,28-24-,57-53+. The third-order valence-corrected chi connectivity index (χ3v) is 14.3. The number of carbonyl (C=O) groups is 2. The summed E-state index contributed by atoms with van der Waals surface area (Å²) in [4.78, 5) is 24.6. The van der Waals surface area contributed by atoms with E-state index < -0.39 is 12.1 Å². The molecule has 0 saturated heterocycles. The summed E-state index contributed by atoms with van der Waals surface area (Å²) < 4.78 is 5.48. The number of amides is 1. The number of unbranched alkanes of at least 4 members (excludes halogenated alkanes) is 41. The number of rotatable bonds is 58. The van der Waals surface area contributed by atoms with Crippen molar-refractivity contribution in [1.29, 1.82) is 0 Å². The van der Waals surface area contributed by atoms with Crippen LogP contribution in [0.1, 0.15) is 328 Å². The van der Waals surface area contributed by atoms with E-state index in [2.05, 4.69) is 55.6 Å². The highest BCUT2D eigenvalue weighted by Gasteiger charge is 2.18. The van der Waals surface area contributed by atoms with E-state index in [0.717, 1.165) is 64.2 Å². The molecule has 6 heteroatoms. The molecule has 0 spiro atoms. The Labute approximate surface area is 442 Å². The van der Waals surface area contributed by atoms with Gasteiger partial charge in [-0.05, 0) is 89.9 Å². The maximum absolute atomic E-state index is 12.5. The fourth-order valence-corrected chi connectivity index (χ4v) is 9.48. The minimum absolute atomic E-state index is 0.0105. The molecule has 0 aliphatic heterocycles. The lowest BCUT2D eigenvalue weighted by Gasteiger charge is -2.20. The molecule has 0 rings (SSSR count). The van der Waals surface area contributed by atoms with Gasteiger partial charge in [0.25, 0.3) is 0 Å². The maximum atomic E-state index is 12.5. The van der Waals surface area contributed by atoms with E-state index in [9.17, 15) is 19.8 Å². The fraction of sp³-hybridized carbons (Fsp3) is 0.846. The molecule has 0 aromatic heterocycles. The molecule has 416 valence electrons.